The molecule has 1 aromatic heterocycles. The summed E-state index contributed by atoms with van der Waals surface area (Å²) >= 11 is 0. The lowest BCUT2D eigenvalue weighted by Gasteiger charge is -2.17. The Labute approximate surface area is 181 Å². The minimum absolute atomic E-state index is 0.270. The van der Waals surface area contributed by atoms with E-state index in [0.29, 0.717) is 24.5 Å². The second kappa shape index (κ2) is 9.93. The van der Waals surface area contributed by atoms with E-state index in [2.05, 4.69) is 5.16 Å². The first-order chi connectivity index (χ1) is 14.8. The summed E-state index contributed by atoms with van der Waals surface area (Å²) in [6.07, 6.45) is 0. The first-order valence-corrected chi connectivity index (χ1v) is 9.94. The van der Waals surface area contributed by atoms with Gasteiger partial charge >= 0.3 is 5.97 Å². The van der Waals surface area contributed by atoms with Crippen molar-refractivity contribution in [3.8, 4) is 5.75 Å². The summed E-state index contributed by atoms with van der Waals surface area (Å²) in [4.78, 5) is 26.1. The summed E-state index contributed by atoms with van der Waals surface area (Å²) in [5.74, 6) is 0.489. The number of hydrogen-bond acceptors (Lipinski definition) is 6. The van der Waals surface area contributed by atoms with Gasteiger partial charge in [-0.2, -0.15) is 0 Å². The van der Waals surface area contributed by atoms with Crippen molar-refractivity contribution in [2.75, 3.05) is 13.7 Å². The van der Waals surface area contributed by atoms with Crippen molar-refractivity contribution >= 4 is 11.9 Å². The largest absolute Gasteiger partial charge is 0.489 e. The third-order valence-electron chi connectivity index (χ3n) is 4.95. The number of benzene rings is 2. The molecule has 0 aliphatic carbocycles. The van der Waals surface area contributed by atoms with Crippen LogP contribution in [0.2, 0.25) is 0 Å². The van der Waals surface area contributed by atoms with Crippen LogP contribution in [0.1, 0.15) is 38.5 Å². The fraction of sp³-hybridized carbons (Fsp3) is 0.292. The fourth-order valence-electron chi connectivity index (χ4n) is 2.93. The minimum atomic E-state index is -0.561. The van der Waals surface area contributed by atoms with E-state index < -0.39 is 5.97 Å². The summed E-state index contributed by atoms with van der Waals surface area (Å²) < 4.78 is 16.0. The van der Waals surface area contributed by atoms with Gasteiger partial charge in [-0.05, 0) is 50.6 Å². The Bertz CT molecular complexity index is 1020. The number of aromatic nitrogens is 1. The van der Waals surface area contributed by atoms with Crippen molar-refractivity contribution in [2.24, 2.45) is 0 Å². The quantitative estimate of drug-likeness (QED) is 0.511. The lowest BCUT2D eigenvalue weighted by molar-refractivity contribution is -0.133. The van der Waals surface area contributed by atoms with Crippen molar-refractivity contribution in [1.29, 1.82) is 0 Å². The van der Waals surface area contributed by atoms with E-state index in [1.807, 2.05) is 45.0 Å². The molecular weight excluding hydrogens is 396 g/mol. The van der Waals surface area contributed by atoms with Crippen LogP contribution in [0.15, 0.2) is 53.1 Å². The maximum absolute atomic E-state index is 12.3. The summed E-state index contributed by atoms with van der Waals surface area (Å²) in [6, 6.07) is 14.5. The van der Waals surface area contributed by atoms with E-state index >= 15 is 0 Å². The average Bonchev–Trinajstić information content (AvgIpc) is 3.09. The number of ether oxygens (including phenoxy) is 2. The minimum Gasteiger partial charge on any atom is -0.489 e. The van der Waals surface area contributed by atoms with Crippen LogP contribution in [0.4, 0.5) is 0 Å². The zero-order chi connectivity index (χ0) is 22.4. The second-order valence-electron chi connectivity index (χ2n) is 7.43. The van der Waals surface area contributed by atoms with Crippen molar-refractivity contribution in [2.45, 2.75) is 33.9 Å². The number of carbonyl (C=O) groups is 2. The smallest absolute Gasteiger partial charge is 0.338 e. The number of hydrogen-bond donors (Lipinski definition) is 0. The van der Waals surface area contributed by atoms with Gasteiger partial charge < -0.3 is 18.9 Å². The van der Waals surface area contributed by atoms with Crippen LogP contribution >= 0.6 is 0 Å². The molecule has 0 saturated heterocycles. The van der Waals surface area contributed by atoms with Crippen LogP contribution in [-0.2, 0) is 22.7 Å². The second-order valence-corrected chi connectivity index (χ2v) is 7.43. The Morgan fingerprint density at radius 3 is 2.29 bits per heavy atom. The van der Waals surface area contributed by atoms with E-state index in [9.17, 15) is 9.59 Å². The number of nitrogens with zero attached hydrogens (tertiary/aromatic N) is 2. The Hall–Kier alpha value is -3.61. The number of esters is 1. The highest BCUT2D eigenvalue weighted by molar-refractivity contribution is 5.91. The van der Waals surface area contributed by atoms with Crippen molar-refractivity contribution in [1.82, 2.24) is 10.1 Å². The molecule has 7 heteroatoms. The third kappa shape index (κ3) is 5.94. The molecule has 3 aromatic rings. The predicted octanol–water partition coefficient (Wildman–Crippen LogP) is 3.99. The van der Waals surface area contributed by atoms with Gasteiger partial charge in [0, 0.05) is 13.6 Å². The van der Waals surface area contributed by atoms with Gasteiger partial charge in [0.2, 0.25) is 0 Å². The molecule has 0 aliphatic rings. The van der Waals surface area contributed by atoms with Gasteiger partial charge in [0.15, 0.2) is 6.61 Å². The molecule has 0 aliphatic heterocycles. The molecule has 31 heavy (non-hydrogen) atoms. The van der Waals surface area contributed by atoms with Crippen LogP contribution in [-0.4, -0.2) is 35.6 Å². The zero-order valence-electron chi connectivity index (χ0n) is 18.2. The summed E-state index contributed by atoms with van der Waals surface area (Å²) in [5.41, 5.74) is 4.21. The molecule has 1 amide bonds. The molecule has 3 rings (SSSR count). The van der Waals surface area contributed by atoms with Crippen LogP contribution in [0.3, 0.4) is 0 Å². The van der Waals surface area contributed by atoms with Crippen molar-refractivity contribution in [3.63, 3.8) is 0 Å². The number of aryl methyl sites for hydroxylation is 3. The van der Waals surface area contributed by atoms with Crippen molar-refractivity contribution < 1.29 is 23.6 Å². The van der Waals surface area contributed by atoms with E-state index in [1.165, 1.54) is 4.90 Å². The standard InChI is InChI=1S/C24H26N2O5/c1-16-5-7-19(8-6-16)13-26(4)23(27)15-30-24(28)20-9-11-21(12-10-20)29-14-22-17(2)25-31-18(22)3/h5-12H,13-15H2,1-4H3. The van der Waals surface area contributed by atoms with Gasteiger partial charge in [-0.15, -0.1) is 0 Å². The molecule has 0 unspecified atom stereocenters. The average molecular weight is 422 g/mol. The highest BCUT2D eigenvalue weighted by Crippen LogP contribution is 2.18. The van der Waals surface area contributed by atoms with E-state index in [-0.39, 0.29) is 12.5 Å². The molecule has 7 nitrogen and oxygen atoms in total. The SMILES string of the molecule is Cc1ccc(CN(C)C(=O)COC(=O)c2ccc(OCc3c(C)noc3C)cc2)cc1. The molecule has 0 bridgehead atoms. The first kappa shape index (κ1) is 22.1. The number of amides is 1. The van der Waals surface area contributed by atoms with Crippen LogP contribution in [0.25, 0.3) is 0 Å². The molecule has 0 atom stereocenters. The number of likely N-dealkylation sites (N-methyl/N-ethyl adjacent to an activating group) is 1. The summed E-state index contributed by atoms with van der Waals surface area (Å²) in [6.45, 7) is 6.16. The Morgan fingerprint density at radius 2 is 1.68 bits per heavy atom. The van der Waals surface area contributed by atoms with E-state index in [1.54, 1.807) is 31.3 Å². The topological polar surface area (TPSA) is 81.9 Å². The lowest BCUT2D eigenvalue weighted by atomic mass is 10.1. The molecule has 0 radical (unpaired) electrons. The molecule has 0 N–H and O–H groups in total. The normalized spacial score (nSPS) is 10.6. The Balaban J connectivity index is 1.47. The fourth-order valence-corrected chi connectivity index (χ4v) is 2.93. The maximum Gasteiger partial charge on any atom is 0.338 e. The molecular formula is C24H26N2O5. The summed E-state index contributed by atoms with van der Waals surface area (Å²) in [7, 11) is 1.68. The van der Waals surface area contributed by atoms with Gasteiger partial charge in [-0.1, -0.05) is 35.0 Å². The molecule has 1 heterocycles. The summed E-state index contributed by atoms with van der Waals surface area (Å²) in [5, 5.41) is 3.89. The Kier molecular flexibility index (Phi) is 7.07. The van der Waals surface area contributed by atoms with Gasteiger partial charge in [-0.25, -0.2) is 4.79 Å². The zero-order valence-corrected chi connectivity index (χ0v) is 18.2. The highest BCUT2D eigenvalue weighted by Gasteiger charge is 2.14. The molecule has 2 aromatic carbocycles. The van der Waals surface area contributed by atoms with E-state index in [0.717, 1.165) is 28.1 Å². The molecule has 0 fully saturated rings. The first-order valence-electron chi connectivity index (χ1n) is 9.94. The highest BCUT2D eigenvalue weighted by atomic mass is 16.5. The van der Waals surface area contributed by atoms with E-state index in [4.69, 9.17) is 14.0 Å². The molecule has 0 spiro atoms. The van der Waals surface area contributed by atoms with Gasteiger partial charge in [0.05, 0.1) is 16.8 Å². The lowest BCUT2D eigenvalue weighted by Crippen LogP contribution is -2.30. The van der Waals surface area contributed by atoms with Crippen molar-refractivity contribution in [3.05, 3.63) is 82.2 Å². The third-order valence-corrected chi connectivity index (χ3v) is 4.95. The van der Waals surface area contributed by atoms with Crippen LogP contribution in [0.5, 0.6) is 5.75 Å². The van der Waals surface area contributed by atoms with Crippen LogP contribution < -0.4 is 4.74 Å². The number of carbonyl (C=O) groups excluding carboxylic acids is 2. The monoisotopic (exact) mass is 422 g/mol. The molecule has 0 saturated carbocycles. The van der Waals surface area contributed by atoms with Gasteiger partial charge in [0.1, 0.15) is 18.1 Å². The predicted molar refractivity (Wildman–Crippen MR) is 115 cm³/mol. The molecule has 162 valence electrons. The van der Waals surface area contributed by atoms with Gasteiger partial charge in [0.25, 0.3) is 5.91 Å². The van der Waals surface area contributed by atoms with Gasteiger partial charge in [-0.3, -0.25) is 4.79 Å². The maximum atomic E-state index is 12.3. The van der Waals surface area contributed by atoms with Crippen LogP contribution in [0, 0.1) is 20.8 Å². The number of rotatable bonds is 8. The Morgan fingerprint density at radius 1 is 1.00 bits per heavy atom.